The standard InChI is InChI=1S/C13H16N4O2/c1-2-3-10-8-17-12(15-10)11(4-5-14-17)16-6-9(7-16)13(18)19/h4-5,8-9H,2-3,6-7H2,1H3,(H,18,19). The maximum absolute atomic E-state index is 10.9. The highest BCUT2D eigenvalue weighted by molar-refractivity contribution is 5.77. The summed E-state index contributed by atoms with van der Waals surface area (Å²) < 4.78 is 1.77. The second kappa shape index (κ2) is 4.53. The first-order chi connectivity index (χ1) is 9.19. The Balaban J connectivity index is 1.89. The smallest absolute Gasteiger partial charge is 0.310 e. The fourth-order valence-corrected chi connectivity index (χ4v) is 2.39. The first-order valence-electron chi connectivity index (χ1n) is 6.50. The molecule has 0 atom stereocenters. The second-order valence-corrected chi connectivity index (χ2v) is 4.91. The maximum atomic E-state index is 10.9. The summed E-state index contributed by atoms with van der Waals surface area (Å²) >= 11 is 0. The van der Waals surface area contributed by atoms with Crippen molar-refractivity contribution < 1.29 is 9.90 Å². The van der Waals surface area contributed by atoms with Crippen LogP contribution in [0.1, 0.15) is 19.0 Å². The highest BCUT2D eigenvalue weighted by atomic mass is 16.4. The van der Waals surface area contributed by atoms with Crippen molar-refractivity contribution in [1.29, 1.82) is 0 Å². The quantitative estimate of drug-likeness (QED) is 0.894. The minimum atomic E-state index is -0.726. The van der Waals surface area contributed by atoms with Crippen molar-refractivity contribution >= 4 is 17.3 Å². The Kier molecular flexibility index (Phi) is 2.85. The van der Waals surface area contributed by atoms with E-state index in [2.05, 4.69) is 17.0 Å². The molecule has 1 fully saturated rings. The molecule has 0 aromatic carbocycles. The normalized spacial score (nSPS) is 15.7. The highest BCUT2D eigenvalue weighted by Crippen LogP contribution is 2.27. The molecule has 3 heterocycles. The number of carboxylic acid groups (broad SMARTS) is 1. The molecule has 2 aromatic heterocycles. The molecule has 6 nitrogen and oxygen atoms in total. The van der Waals surface area contributed by atoms with Crippen molar-refractivity contribution in [2.75, 3.05) is 18.0 Å². The average molecular weight is 260 g/mol. The molecule has 6 heteroatoms. The minimum Gasteiger partial charge on any atom is -0.481 e. The lowest BCUT2D eigenvalue weighted by atomic mass is 10.00. The lowest BCUT2D eigenvalue weighted by Crippen LogP contribution is -2.50. The highest BCUT2D eigenvalue weighted by Gasteiger charge is 2.33. The van der Waals surface area contributed by atoms with Gasteiger partial charge in [0.25, 0.3) is 0 Å². The van der Waals surface area contributed by atoms with Gasteiger partial charge in [-0.1, -0.05) is 13.3 Å². The summed E-state index contributed by atoms with van der Waals surface area (Å²) in [7, 11) is 0. The number of imidazole rings is 1. The minimum absolute atomic E-state index is 0.265. The van der Waals surface area contributed by atoms with Crippen LogP contribution in [0.5, 0.6) is 0 Å². The van der Waals surface area contributed by atoms with Crippen LogP contribution in [-0.4, -0.2) is 38.8 Å². The van der Waals surface area contributed by atoms with Crippen molar-refractivity contribution in [3.05, 3.63) is 24.2 Å². The van der Waals surface area contributed by atoms with Gasteiger partial charge in [0.1, 0.15) is 0 Å². The van der Waals surface area contributed by atoms with Crippen LogP contribution >= 0.6 is 0 Å². The SMILES string of the molecule is CCCc1cn2nccc(N3CC(C(=O)O)C3)c2n1. The predicted molar refractivity (Wildman–Crippen MR) is 70.3 cm³/mol. The van der Waals surface area contributed by atoms with Crippen LogP contribution < -0.4 is 4.90 Å². The van der Waals surface area contributed by atoms with E-state index in [4.69, 9.17) is 5.11 Å². The average Bonchev–Trinajstić information content (AvgIpc) is 2.70. The van der Waals surface area contributed by atoms with E-state index in [1.807, 2.05) is 17.2 Å². The summed E-state index contributed by atoms with van der Waals surface area (Å²) in [4.78, 5) is 17.5. The Morgan fingerprint density at radius 3 is 3.00 bits per heavy atom. The van der Waals surface area contributed by atoms with Gasteiger partial charge in [0.2, 0.25) is 0 Å². The molecule has 1 aliphatic heterocycles. The number of hydrogen-bond donors (Lipinski definition) is 1. The van der Waals surface area contributed by atoms with Gasteiger partial charge in [-0.2, -0.15) is 5.10 Å². The molecule has 0 unspecified atom stereocenters. The van der Waals surface area contributed by atoms with Gasteiger partial charge in [-0.25, -0.2) is 9.50 Å². The lowest BCUT2D eigenvalue weighted by molar-refractivity contribution is -0.142. The Bertz CT molecular complexity index is 616. The van der Waals surface area contributed by atoms with Gasteiger partial charge in [-0.15, -0.1) is 0 Å². The van der Waals surface area contributed by atoms with Gasteiger partial charge in [0.15, 0.2) is 5.65 Å². The number of rotatable bonds is 4. The van der Waals surface area contributed by atoms with Crippen molar-refractivity contribution in [2.24, 2.45) is 5.92 Å². The third-order valence-electron chi connectivity index (χ3n) is 3.47. The first kappa shape index (κ1) is 12.0. The van der Waals surface area contributed by atoms with Gasteiger partial charge in [0, 0.05) is 13.1 Å². The molecule has 1 N–H and O–H groups in total. The summed E-state index contributed by atoms with van der Waals surface area (Å²) in [5.41, 5.74) is 2.81. The zero-order valence-corrected chi connectivity index (χ0v) is 10.8. The van der Waals surface area contributed by atoms with Crippen LogP contribution in [0.4, 0.5) is 5.69 Å². The molecule has 19 heavy (non-hydrogen) atoms. The van der Waals surface area contributed by atoms with Crippen LogP contribution in [0.2, 0.25) is 0 Å². The molecule has 0 amide bonds. The Morgan fingerprint density at radius 2 is 2.32 bits per heavy atom. The molecular formula is C13H16N4O2. The van der Waals surface area contributed by atoms with Crippen LogP contribution in [0.25, 0.3) is 5.65 Å². The fraction of sp³-hybridized carbons (Fsp3) is 0.462. The van der Waals surface area contributed by atoms with Gasteiger partial charge >= 0.3 is 5.97 Å². The van der Waals surface area contributed by atoms with E-state index in [0.717, 1.165) is 29.9 Å². The van der Waals surface area contributed by atoms with E-state index >= 15 is 0 Å². The molecule has 100 valence electrons. The van der Waals surface area contributed by atoms with Crippen molar-refractivity contribution in [1.82, 2.24) is 14.6 Å². The van der Waals surface area contributed by atoms with Gasteiger partial charge in [0.05, 0.1) is 29.7 Å². The Labute approximate surface area is 110 Å². The lowest BCUT2D eigenvalue weighted by Gasteiger charge is -2.38. The topological polar surface area (TPSA) is 70.7 Å². The molecule has 0 aliphatic carbocycles. The van der Waals surface area contributed by atoms with Crippen molar-refractivity contribution in [2.45, 2.75) is 19.8 Å². The Hall–Kier alpha value is -2.11. The van der Waals surface area contributed by atoms with E-state index < -0.39 is 5.97 Å². The van der Waals surface area contributed by atoms with E-state index in [-0.39, 0.29) is 5.92 Å². The third-order valence-corrected chi connectivity index (χ3v) is 3.47. The molecule has 0 saturated carbocycles. The maximum Gasteiger partial charge on any atom is 0.310 e. The number of aryl methyl sites for hydroxylation is 1. The summed E-state index contributed by atoms with van der Waals surface area (Å²) in [6, 6.07) is 1.90. The molecule has 3 rings (SSSR count). The van der Waals surface area contributed by atoms with Crippen LogP contribution in [0.3, 0.4) is 0 Å². The zero-order chi connectivity index (χ0) is 13.4. The fourth-order valence-electron chi connectivity index (χ4n) is 2.39. The van der Waals surface area contributed by atoms with Crippen molar-refractivity contribution in [3.63, 3.8) is 0 Å². The molecule has 1 saturated heterocycles. The number of carboxylic acids is 1. The number of carbonyl (C=O) groups is 1. The van der Waals surface area contributed by atoms with E-state index in [9.17, 15) is 4.79 Å². The second-order valence-electron chi connectivity index (χ2n) is 4.91. The predicted octanol–water partition coefficient (Wildman–Crippen LogP) is 1.20. The van der Waals surface area contributed by atoms with Crippen LogP contribution in [0, 0.1) is 5.92 Å². The summed E-state index contributed by atoms with van der Waals surface area (Å²) in [6.45, 7) is 3.21. The molecule has 1 aliphatic rings. The first-order valence-corrected chi connectivity index (χ1v) is 6.50. The monoisotopic (exact) mass is 260 g/mol. The number of anilines is 1. The number of hydrogen-bond acceptors (Lipinski definition) is 4. The van der Waals surface area contributed by atoms with Crippen LogP contribution in [-0.2, 0) is 11.2 Å². The molecule has 0 radical (unpaired) electrons. The number of fused-ring (bicyclic) bond motifs is 1. The summed E-state index contributed by atoms with van der Waals surface area (Å²) in [6.07, 6.45) is 5.65. The molecule has 0 bridgehead atoms. The Morgan fingerprint density at radius 1 is 1.53 bits per heavy atom. The van der Waals surface area contributed by atoms with E-state index in [0.29, 0.717) is 13.1 Å². The molecule has 2 aromatic rings. The molecule has 0 spiro atoms. The van der Waals surface area contributed by atoms with Gasteiger partial charge < -0.3 is 10.0 Å². The van der Waals surface area contributed by atoms with E-state index in [1.54, 1.807) is 10.7 Å². The van der Waals surface area contributed by atoms with Crippen molar-refractivity contribution in [3.8, 4) is 0 Å². The van der Waals surface area contributed by atoms with Crippen LogP contribution in [0.15, 0.2) is 18.5 Å². The molecular weight excluding hydrogens is 244 g/mol. The number of nitrogens with zero attached hydrogens (tertiary/aromatic N) is 4. The number of aliphatic carboxylic acids is 1. The zero-order valence-electron chi connectivity index (χ0n) is 10.8. The van der Waals surface area contributed by atoms with Gasteiger partial charge in [-0.3, -0.25) is 4.79 Å². The third kappa shape index (κ3) is 2.03. The number of aromatic nitrogens is 3. The van der Waals surface area contributed by atoms with Gasteiger partial charge in [-0.05, 0) is 12.5 Å². The summed E-state index contributed by atoms with van der Waals surface area (Å²) in [5, 5.41) is 13.2. The van der Waals surface area contributed by atoms with E-state index in [1.165, 1.54) is 0 Å². The summed E-state index contributed by atoms with van der Waals surface area (Å²) in [5.74, 6) is -0.991. The largest absolute Gasteiger partial charge is 0.481 e.